The first-order chi connectivity index (χ1) is 26.5. The highest BCUT2D eigenvalue weighted by molar-refractivity contribution is 6.33. The number of nitrogens with two attached hydrogens (primary N) is 1. The van der Waals surface area contributed by atoms with Crippen LogP contribution in [-0.2, 0) is 17.7 Å². The average Bonchev–Trinajstić information content (AvgIpc) is 3.17. The molecule has 1 aliphatic carbocycles. The highest BCUT2D eigenvalue weighted by atomic mass is 35.5. The van der Waals surface area contributed by atoms with Crippen LogP contribution in [0, 0.1) is 0 Å². The van der Waals surface area contributed by atoms with E-state index in [2.05, 4.69) is 15.6 Å². The lowest BCUT2D eigenvalue weighted by Gasteiger charge is -2.35. The van der Waals surface area contributed by atoms with Gasteiger partial charge >= 0.3 is 12.2 Å². The normalized spacial score (nSPS) is 15.4. The number of nitrogens with one attached hydrogen (secondary N) is 3. The summed E-state index contributed by atoms with van der Waals surface area (Å²) in [5.41, 5.74) is 10.5. The van der Waals surface area contributed by atoms with Gasteiger partial charge in [0.05, 0.1) is 41.7 Å². The van der Waals surface area contributed by atoms with E-state index >= 15 is 0 Å². The van der Waals surface area contributed by atoms with Gasteiger partial charge in [0.2, 0.25) is 5.56 Å². The maximum atomic E-state index is 12.9. The minimum atomic E-state index is -1.03. The van der Waals surface area contributed by atoms with Gasteiger partial charge in [-0.1, -0.05) is 60.1 Å². The van der Waals surface area contributed by atoms with Crippen LogP contribution in [0.2, 0.25) is 5.02 Å². The Morgan fingerprint density at radius 1 is 1.00 bits per heavy atom. The summed E-state index contributed by atoms with van der Waals surface area (Å²) >= 11 is 6.56. The Morgan fingerprint density at radius 2 is 1.74 bits per heavy atom. The van der Waals surface area contributed by atoms with Crippen molar-refractivity contribution >= 4 is 70.9 Å². The lowest BCUT2D eigenvalue weighted by molar-refractivity contribution is 0.163. The number of carbonyl (C=O) groups is 2. The highest BCUT2D eigenvalue weighted by Gasteiger charge is 2.31. The summed E-state index contributed by atoms with van der Waals surface area (Å²) in [4.78, 5) is 41.4. The predicted molar refractivity (Wildman–Crippen MR) is 227 cm³/mol. The number of aromatic hydroxyl groups is 1. The number of aromatic amines is 1. The molecule has 1 heterocycles. The largest absolute Gasteiger partial charge is 0.506 e. The van der Waals surface area contributed by atoms with Gasteiger partial charge in [-0.3, -0.25) is 15.0 Å². The first-order valence-electron chi connectivity index (χ1n) is 18.0. The molecule has 6 rings (SSSR count). The van der Waals surface area contributed by atoms with Crippen LogP contribution in [0.15, 0.2) is 89.7 Å². The van der Waals surface area contributed by atoms with E-state index in [0.717, 1.165) is 29.5 Å². The van der Waals surface area contributed by atoms with Crippen LogP contribution in [0.5, 0.6) is 11.5 Å². The number of amides is 2. The molecule has 0 saturated heterocycles. The van der Waals surface area contributed by atoms with Gasteiger partial charge in [-0.25, -0.2) is 9.59 Å². The highest BCUT2D eigenvalue weighted by Crippen LogP contribution is 2.37. The number of rotatable bonds is 13. The summed E-state index contributed by atoms with van der Waals surface area (Å²) < 4.78 is 11.1. The summed E-state index contributed by atoms with van der Waals surface area (Å²) in [5.74, 6) is 0.338. The third kappa shape index (κ3) is 10.9. The topological polar surface area (TPSA) is 199 Å². The van der Waals surface area contributed by atoms with Crippen molar-refractivity contribution in [3.63, 3.8) is 0 Å². The molecule has 13 nitrogen and oxygen atoms in total. The fraction of sp³-hybridized carbons (Fsp3) is 0.293. The zero-order valence-corrected chi connectivity index (χ0v) is 33.5. The van der Waals surface area contributed by atoms with Crippen molar-refractivity contribution in [3.8, 4) is 22.6 Å². The maximum Gasteiger partial charge on any atom is 0.412 e. The van der Waals surface area contributed by atoms with Gasteiger partial charge in [0.15, 0.2) is 0 Å². The first kappa shape index (κ1) is 44.7. The molecule has 0 bridgehead atoms. The van der Waals surface area contributed by atoms with Gasteiger partial charge in [0.25, 0.3) is 0 Å². The Labute approximate surface area is 347 Å². The number of aromatic nitrogens is 1. The van der Waals surface area contributed by atoms with Gasteiger partial charge in [-0.05, 0) is 66.6 Å². The quantitative estimate of drug-likeness (QED) is 0.0615. The standard InChI is InChI=1S/C41H44ClN5O8.2ClH/c1-54-37-21-33(32(42)20-26(37)22-44-23-36(49)30-13-15-35(48)39-31(30)14-16-38(50)46-39)45-40(51)55-18-17-24-7-12-29(25-5-3-2-4-6-25)34(19-24)47(41(52)53)28-10-8-27(43)9-11-28;;/h2-7,12-16,19-21,27-28,36,44,48-49H,8-11,17-18,22-23,43H2,1H3,(H,45,51)(H,46,50)(H,52,53);2*1H/t27-,28-,36-;;/m0../s1. The van der Waals surface area contributed by atoms with E-state index in [0.29, 0.717) is 47.2 Å². The van der Waals surface area contributed by atoms with E-state index in [9.17, 15) is 29.7 Å². The Morgan fingerprint density at radius 3 is 2.44 bits per heavy atom. The van der Waals surface area contributed by atoms with Gasteiger partial charge in [0.1, 0.15) is 11.5 Å². The van der Waals surface area contributed by atoms with E-state index in [1.165, 1.54) is 24.1 Å². The number of carbonyl (C=O) groups excluding carboxylic acids is 1. The zero-order valence-electron chi connectivity index (χ0n) is 31.1. The number of aliphatic hydroxyl groups excluding tert-OH is 1. The number of hydrogen-bond acceptors (Lipinski definition) is 9. The van der Waals surface area contributed by atoms with Gasteiger partial charge in [0, 0.05) is 60.2 Å². The fourth-order valence-corrected chi connectivity index (χ4v) is 7.27. The minimum Gasteiger partial charge on any atom is -0.506 e. The van der Waals surface area contributed by atoms with Gasteiger partial charge < -0.3 is 40.8 Å². The summed E-state index contributed by atoms with van der Waals surface area (Å²) in [6.45, 7) is 0.412. The van der Waals surface area contributed by atoms with Crippen molar-refractivity contribution in [2.45, 2.75) is 56.8 Å². The van der Waals surface area contributed by atoms with E-state index in [4.69, 9.17) is 26.8 Å². The second-order valence-corrected chi connectivity index (χ2v) is 13.9. The molecule has 1 saturated carbocycles. The van der Waals surface area contributed by atoms with Gasteiger partial charge in [-0.2, -0.15) is 0 Å². The molecule has 8 N–H and O–H groups in total. The number of phenolic OH excluding ortho intramolecular Hbond substituents is 1. The summed E-state index contributed by atoms with van der Waals surface area (Å²) in [5, 5.41) is 38.1. The Balaban J connectivity index is 0.00000360. The van der Waals surface area contributed by atoms with Crippen molar-refractivity contribution in [2.75, 3.05) is 30.5 Å². The maximum absolute atomic E-state index is 12.9. The predicted octanol–water partition coefficient (Wildman–Crippen LogP) is 7.78. The van der Waals surface area contributed by atoms with Crippen molar-refractivity contribution in [2.24, 2.45) is 5.73 Å². The summed E-state index contributed by atoms with van der Waals surface area (Å²) in [6.07, 6.45) is 0.466. The smallest absolute Gasteiger partial charge is 0.412 e. The minimum absolute atomic E-state index is 0. The van der Waals surface area contributed by atoms with E-state index in [1.807, 2.05) is 48.5 Å². The SMILES string of the molecule is COc1cc(NC(=O)OCCc2ccc(-c3ccccc3)c(N(C(=O)O)[C@H]3CC[C@H](N)CC3)c2)c(Cl)cc1CNC[C@H](O)c1ccc(O)c2[nH]c(=O)ccc12.Cl.Cl. The number of carboxylic acid groups (broad SMARTS) is 1. The van der Waals surface area contributed by atoms with E-state index in [-0.39, 0.29) is 84.1 Å². The summed E-state index contributed by atoms with van der Waals surface area (Å²) in [6, 6.07) is 24.3. The number of nitrogens with zero attached hydrogens (tertiary/aromatic N) is 1. The lowest BCUT2D eigenvalue weighted by atomic mass is 9.89. The molecule has 304 valence electrons. The van der Waals surface area contributed by atoms with Crippen LogP contribution >= 0.6 is 36.4 Å². The molecule has 16 heteroatoms. The number of aliphatic hydroxyl groups is 1. The molecule has 5 aromatic rings. The monoisotopic (exact) mass is 841 g/mol. The van der Waals surface area contributed by atoms with Crippen LogP contribution in [0.25, 0.3) is 22.0 Å². The molecule has 0 aliphatic heterocycles. The molecule has 1 atom stereocenters. The first-order valence-corrected chi connectivity index (χ1v) is 18.4. The molecular formula is C41H46Cl3N5O8. The number of methoxy groups -OCH3 is 1. The number of H-pyrrole nitrogens is 1. The molecule has 1 fully saturated rings. The zero-order chi connectivity index (χ0) is 39.1. The molecular weight excluding hydrogens is 797 g/mol. The summed E-state index contributed by atoms with van der Waals surface area (Å²) in [7, 11) is 1.49. The number of fused-ring (bicyclic) bond motifs is 1. The average molecular weight is 843 g/mol. The molecule has 0 unspecified atom stereocenters. The number of benzene rings is 4. The number of pyridine rings is 1. The van der Waals surface area contributed by atoms with Crippen LogP contribution in [0.1, 0.15) is 48.5 Å². The van der Waals surface area contributed by atoms with E-state index < -0.39 is 18.3 Å². The van der Waals surface area contributed by atoms with Crippen molar-refractivity contribution in [3.05, 3.63) is 117 Å². The van der Waals surface area contributed by atoms with E-state index in [1.54, 1.807) is 24.3 Å². The van der Waals surface area contributed by atoms with Crippen LogP contribution < -0.4 is 31.6 Å². The van der Waals surface area contributed by atoms with Crippen molar-refractivity contribution in [1.29, 1.82) is 0 Å². The molecule has 1 aliphatic rings. The second-order valence-electron chi connectivity index (χ2n) is 13.5. The Hall–Kier alpha value is -5.02. The van der Waals surface area contributed by atoms with Crippen molar-refractivity contribution < 1.29 is 34.4 Å². The lowest BCUT2D eigenvalue weighted by Crippen LogP contribution is -2.44. The van der Waals surface area contributed by atoms with Gasteiger partial charge in [-0.15, -0.1) is 24.8 Å². The Kier molecular flexibility index (Phi) is 16.0. The molecule has 1 aromatic heterocycles. The van der Waals surface area contributed by atoms with Crippen molar-refractivity contribution in [1.82, 2.24) is 10.3 Å². The Bertz CT molecular complexity index is 2220. The number of hydrogen-bond donors (Lipinski definition) is 7. The number of anilines is 2. The third-order valence-electron chi connectivity index (χ3n) is 9.87. The molecule has 57 heavy (non-hydrogen) atoms. The number of halogens is 3. The molecule has 0 spiro atoms. The molecule has 2 amide bonds. The van der Waals surface area contributed by atoms with Crippen LogP contribution in [0.4, 0.5) is 21.0 Å². The molecule has 0 radical (unpaired) electrons. The number of phenols is 1. The fourth-order valence-electron chi connectivity index (χ4n) is 7.04. The molecule has 4 aromatic carbocycles. The van der Waals surface area contributed by atoms with Crippen LogP contribution in [-0.4, -0.2) is 64.8 Å². The van der Waals surface area contributed by atoms with Crippen LogP contribution in [0.3, 0.4) is 0 Å². The second kappa shape index (κ2) is 20.4. The third-order valence-corrected chi connectivity index (χ3v) is 10.2. The number of ether oxygens (including phenoxy) is 2.